The molecule has 0 aliphatic carbocycles. The molecule has 1 heterocycles. The minimum absolute atomic E-state index is 0.259. The van der Waals surface area contributed by atoms with Crippen LogP contribution in [0.1, 0.15) is 0 Å². The lowest BCUT2D eigenvalue weighted by Gasteiger charge is -1.95. The van der Waals surface area contributed by atoms with Gasteiger partial charge in [0.05, 0.1) is 0 Å². The van der Waals surface area contributed by atoms with Crippen molar-refractivity contribution in [1.29, 1.82) is 0 Å². The molecular weight excluding hydrogens is 132 g/mol. The van der Waals surface area contributed by atoms with E-state index < -0.39 is 0 Å². The standard InChI is InChI=1S/C5H8N4O/c1-7-5-3-2-4(6)8-9(5)10/h2-3,10H,1H3,(H2,6,8). The number of aromatic nitrogens is 2. The van der Waals surface area contributed by atoms with Crippen LogP contribution in [-0.4, -0.2) is 22.2 Å². The van der Waals surface area contributed by atoms with E-state index in [9.17, 15) is 0 Å². The Morgan fingerprint density at radius 3 is 2.90 bits per heavy atom. The van der Waals surface area contributed by atoms with E-state index in [4.69, 9.17) is 10.9 Å². The molecule has 0 unspecified atom stereocenters. The second-order valence-corrected chi connectivity index (χ2v) is 1.73. The molecular formula is C5H8N4O. The lowest BCUT2D eigenvalue weighted by atomic mass is 10.5. The fourth-order valence-corrected chi connectivity index (χ4v) is 0.584. The molecule has 5 nitrogen and oxygen atoms in total. The summed E-state index contributed by atoms with van der Waals surface area (Å²) in [4.78, 5) is 4.34. The van der Waals surface area contributed by atoms with E-state index in [0.29, 0.717) is 10.3 Å². The molecule has 1 aromatic heterocycles. The molecule has 0 radical (unpaired) electrons. The first-order valence-corrected chi connectivity index (χ1v) is 2.72. The summed E-state index contributed by atoms with van der Waals surface area (Å²) in [6.45, 7) is 0. The van der Waals surface area contributed by atoms with Crippen molar-refractivity contribution in [3.63, 3.8) is 0 Å². The normalized spacial score (nSPS) is 11.9. The lowest BCUT2D eigenvalue weighted by molar-refractivity contribution is 0.133. The van der Waals surface area contributed by atoms with Crippen molar-refractivity contribution in [2.75, 3.05) is 12.8 Å². The maximum absolute atomic E-state index is 8.92. The molecule has 1 aromatic rings. The molecule has 0 bridgehead atoms. The Hall–Kier alpha value is -1.52. The van der Waals surface area contributed by atoms with Gasteiger partial charge in [0.2, 0.25) is 0 Å². The van der Waals surface area contributed by atoms with Crippen LogP contribution < -0.4 is 11.2 Å². The minimum Gasteiger partial charge on any atom is -0.410 e. The fraction of sp³-hybridized carbons (Fsp3) is 0.200. The number of anilines is 1. The molecule has 0 fully saturated rings. The van der Waals surface area contributed by atoms with Gasteiger partial charge in [-0.25, -0.2) is 0 Å². The number of rotatable bonds is 0. The molecule has 0 spiro atoms. The zero-order valence-corrected chi connectivity index (χ0v) is 5.52. The molecule has 0 saturated carbocycles. The highest BCUT2D eigenvalue weighted by Crippen LogP contribution is 1.85. The van der Waals surface area contributed by atoms with E-state index in [1.807, 2.05) is 0 Å². The highest BCUT2D eigenvalue weighted by molar-refractivity contribution is 5.22. The van der Waals surface area contributed by atoms with E-state index in [1.54, 1.807) is 19.2 Å². The Balaban J connectivity index is 3.34. The quantitative estimate of drug-likeness (QED) is 0.465. The van der Waals surface area contributed by atoms with Crippen LogP contribution in [0.3, 0.4) is 0 Å². The van der Waals surface area contributed by atoms with E-state index in [1.165, 1.54) is 0 Å². The summed E-state index contributed by atoms with van der Waals surface area (Å²) in [6, 6.07) is 3.14. The van der Waals surface area contributed by atoms with Crippen molar-refractivity contribution in [2.45, 2.75) is 0 Å². The average Bonchev–Trinajstić information content (AvgIpc) is 1.88. The summed E-state index contributed by atoms with van der Waals surface area (Å²) in [5.74, 6) is 0.259. The number of hydrogen-bond donors (Lipinski definition) is 2. The monoisotopic (exact) mass is 140 g/mol. The van der Waals surface area contributed by atoms with Crippen molar-refractivity contribution in [1.82, 2.24) is 9.94 Å². The van der Waals surface area contributed by atoms with Crippen LogP contribution in [0.5, 0.6) is 0 Å². The topological polar surface area (TPSA) is 76.4 Å². The van der Waals surface area contributed by atoms with Gasteiger partial charge < -0.3 is 10.9 Å². The van der Waals surface area contributed by atoms with Crippen LogP contribution in [0.15, 0.2) is 17.1 Å². The van der Waals surface area contributed by atoms with E-state index in [2.05, 4.69) is 10.1 Å². The zero-order valence-electron chi connectivity index (χ0n) is 5.52. The molecule has 0 aromatic carbocycles. The molecule has 1 rings (SSSR count). The number of nitrogens with two attached hydrogens (primary N) is 1. The van der Waals surface area contributed by atoms with Crippen molar-refractivity contribution < 1.29 is 5.21 Å². The molecule has 5 heteroatoms. The zero-order chi connectivity index (χ0) is 7.56. The first-order chi connectivity index (χ1) is 4.74. The van der Waals surface area contributed by atoms with Gasteiger partial charge in [0, 0.05) is 7.05 Å². The van der Waals surface area contributed by atoms with Gasteiger partial charge in [0.1, 0.15) is 5.82 Å². The highest BCUT2D eigenvalue weighted by Gasteiger charge is 1.89. The third kappa shape index (κ3) is 1.07. The summed E-state index contributed by atoms with van der Waals surface area (Å²) in [6.07, 6.45) is 0. The van der Waals surface area contributed by atoms with Gasteiger partial charge in [-0.2, -0.15) is 0 Å². The summed E-state index contributed by atoms with van der Waals surface area (Å²) in [5.41, 5.74) is 5.62. The van der Waals surface area contributed by atoms with E-state index in [0.717, 1.165) is 0 Å². The predicted molar refractivity (Wildman–Crippen MR) is 35.3 cm³/mol. The lowest BCUT2D eigenvalue weighted by Crippen LogP contribution is -2.21. The van der Waals surface area contributed by atoms with Crippen LogP contribution >= 0.6 is 0 Å². The van der Waals surface area contributed by atoms with Crippen LogP contribution in [0.2, 0.25) is 0 Å². The second-order valence-electron chi connectivity index (χ2n) is 1.73. The highest BCUT2D eigenvalue weighted by atomic mass is 16.5. The Bertz CT molecular complexity index is 290. The van der Waals surface area contributed by atoms with Crippen molar-refractivity contribution in [2.24, 2.45) is 4.99 Å². The van der Waals surface area contributed by atoms with Gasteiger partial charge in [-0.3, -0.25) is 4.99 Å². The maximum atomic E-state index is 8.92. The Morgan fingerprint density at radius 2 is 2.40 bits per heavy atom. The average molecular weight is 140 g/mol. The van der Waals surface area contributed by atoms with Gasteiger partial charge >= 0.3 is 0 Å². The number of nitrogen functional groups attached to an aromatic ring is 1. The van der Waals surface area contributed by atoms with Crippen LogP contribution in [0.4, 0.5) is 5.82 Å². The largest absolute Gasteiger partial charge is 0.410 e. The first-order valence-electron chi connectivity index (χ1n) is 2.72. The van der Waals surface area contributed by atoms with Crippen molar-refractivity contribution in [3.8, 4) is 0 Å². The molecule has 54 valence electrons. The second kappa shape index (κ2) is 2.38. The summed E-state index contributed by atoms with van der Waals surface area (Å²) in [5, 5.41) is 12.4. The minimum atomic E-state index is 0.259. The van der Waals surface area contributed by atoms with Gasteiger partial charge in [-0.05, 0) is 12.1 Å². The molecule has 0 aliphatic heterocycles. The molecule has 0 atom stereocenters. The maximum Gasteiger partial charge on any atom is 0.185 e. The molecule has 10 heavy (non-hydrogen) atoms. The molecule has 0 saturated heterocycles. The Labute approximate surface area is 57.4 Å². The summed E-state index contributed by atoms with van der Waals surface area (Å²) < 4.78 is 0. The summed E-state index contributed by atoms with van der Waals surface area (Å²) in [7, 11) is 1.56. The smallest absolute Gasteiger partial charge is 0.185 e. The molecule has 0 aliphatic rings. The Kier molecular flexibility index (Phi) is 1.57. The van der Waals surface area contributed by atoms with Crippen molar-refractivity contribution >= 4 is 5.82 Å². The predicted octanol–water partition coefficient (Wildman–Crippen LogP) is -0.767. The van der Waals surface area contributed by atoms with Gasteiger partial charge in [-0.1, -0.05) is 4.85 Å². The van der Waals surface area contributed by atoms with E-state index >= 15 is 0 Å². The van der Waals surface area contributed by atoms with E-state index in [-0.39, 0.29) is 5.82 Å². The number of hydrogen-bond acceptors (Lipinski definition) is 4. The van der Waals surface area contributed by atoms with Crippen molar-refractivity contribution in [3.05, 3.63) is 17.6 Å². The summed E-state index contributed by atoms with van der Waals surface area (Å²) >= 11 is 0. The SMILES string of the molecule is CN=c1ccc(N)nn1O. The third-order valence-corrected chi connectivity index (χ3v) is 1.05. The van der Waals surface area contributed by atoms with Crippen LogP contribution in [0, 0.1) is 0 Å². The first kappa shape index (κ1) is 6.60. The molecule has 3 N–H and O–H groups in total. The number of nitrogens with zero attached hydrogens (tertiary/aromatic N) is 3. The van der Waals surface area contributed by atoms with Gasteiger partial charge in [0.15, 0.2) is 5.49 Å². The van der Waals surface area contributed by atoms with Gasteiger partial charge in [0.25, 0.3) is 0 Å². The van der Waals surface area contributed by atoms with Gasteiger partial charge in [-0.15, -0.1) is 5.10 Å². The van der Waals surface area contributed by atoms with Crippen LogP contribution in [-0.2, 0) is 0 Å². The Morgan fingerprint density at radius 1 is 1.70 bits per heavy atom. The molecule has 0 amide bonds. The fourth-order valence-electron chi connectivity index (χ4n) is 0.584. The van der Waals surface area contributed by atoms with Crippen LogP contribution in [0.25, 0.3) is 0 Å². The third-order valence-electron chi connectivity index (χ3n) is 1.05.